The molecule has 0 bridgehead atoms. The standard InChI is InChI=1S/C13H12N2O2S2/c1-11-7-8-13(18-11)19(16,17)15(10-9-14)12-5-3-2-4-6-12/h2-8H,10H2,1H3. The fourth-order valence-corrected chi connectivity index (χ4v) is 4.39. The molecule has 6 heteroatoms. The quantitative estimate of drug-likeness (QED) is 0.814. The van der Waals surface area contributed by atoms with Crippen LogP contribution < -0.4 is 4.31 Å². The van der Waals surface area contributed by atoms with Crippen LogP contribution in [-0.2, 0) is 10.0 Å². The van der Waals surface area contributed by atoms with Crippen molar-refractivity contribution in [2.75, 3.05) is 10.8 Å². The van der Waals surface area contributed by atoms with E-state index < -0.39 is 10.0 Å². The Balaban J connectivity index is 2.48. The highest BCUT2D eigenvalue weighted by Crippen LogP contribution is 2.27. The lowest BCUT2D eigenvalue weighted by Gasteiger charge is -2.20. The van der Waals surface area contributed by atoms with E-state index in [9.17, 15) is 8.42 Å². The second-order valence-corrected chi connectivity index (χ2v) is 7.25. The fourth-order valence-electron chi connectivity index (χ4n) is 1.63. The molecule has 0 saturated heterocycles. The SMILES string of the molecule is Cc1ccc(S(=O)(=O)N(CC#N)c2ccccc2)s1. The predicted octanol–water partition coefficient (Wildman–Crippen LogP) is 2.78. The van der Waals surface area contributed by atoms with Crippen LogP contribution in [0.15, 0.2) is 46.7 Å². The monoisotopic (exact) mass is 292 g/mol. The molecule has 0 N–H and O–H groups in total. The van der Waals surface area contributed by atoms with E-state index in [0.717, 1.165) is 9.18 Å². The number of sulfonamides is 1. The third-order valence-electron chi connectivity index (χ3n) is 2.52. The van der Waals surface area contributed by atoms with Gasteiger partial charge in [0.1, 0.15) is 10.8 Å². The topological polar surface area (TPSA) is 61.2 Å². The smallest absolute Gasteiger partial charge is 0.252 e. The van der Waals surface area contributed by atoms with E-state index in [1.807, 2.05) is 13.0 Å². The van der Waals surface area contributed by atoms with E-state index in [0.29, 0.717) is 5.69 Å². The first-order valence-corrected chi connectivity index (χ1v) is 7.82. The van der Waals surface area contributed by atoms with Crippen molar-refractivity contribution in [1.82, 2.24) is 0 Å². The Morgan fingerprint density at radius 3 is 2.42 bits per heavy atom. The molecule has 0 saturated carbocycles. The molecule has 0 unspecified atom stereocenters. The van der Waals surface area contributed by atoms with Crippen molar-refractivity contribution in [1.29, 1.82) is 5.26 Å². The number of rotatable bonds is 4. The van der Waals surface area contributed by atoms with Crippen molar-refractivity contribution in [2.45, 2.75) is 11.1 Å². The second kappa shape index (κ2) is 5.43. The molecule has 2 rings (SSSR count). The molecule has 0 aliphatic rings. The van der Waals surface area contributed by atoms with E-state index in [2.05, 4.69) is 0 Å². The highest BCUT2D eigenvalue weighted by atomic mass is 32.2. The molecule has 98 valence electrons. The largest absolute Gasteiger partial charge is 0.274 e. The van der Waals surface area contributed by atoms with Gasteiger partial charge in [0.2, 0.25) is 0 Å². The summed E-state index contributed by atoms with van der Waals surface area (Å²) in [5.41, 5.74) is 0.495. The maximum atomic E-state index is 12.5. The van der Waals surface area contributed by atoms with Gasteiger partial charge in [-0.05, 0) is 31.2 Å². The molecule has 1 heterocycles. The Morgan fingerprint density at radius 1 is 1.21 bits per heavy atom. The fraction of sp³-hybridized carbons (Fsp3) is 0.154. The van der Waals surface area contributed by atoms with Crippen molar-refractivity contribution in [3.8, 4) is 6.07 Å². The van der Waals surface area contributed by atoms with E-state index in [1.54, 1.807) is 42.5 Å². The number of benzene rings is 1. The minimum atomic E-state index is -3.67. The molecule has 0 aliphatic carbocycles. The van der Waals surface area contributed by atoms with Gasteiger partial charge < -0.3 is 0 Å². The van der Waals surface area contributed by atoms with Crippen LogP contribution in [0, 0.1) is 18.3 Å². The van der Waals surface area contributed by atoms with Gasteiger partial charge in [-0.2, -0.15) is 5.26 Å². The average Bonchev–Trinajstić information content (AvgIpc) is 2.84. The van der Waals surface area contributed by atoms with E-state index in [-0.39, 0.29) is 10.8 Å². The zero-order valence-electron chi connectivity index (χ0n) is 10.3. The average molecular weight is 292 g/mol. The molecule has 4 nitrogen and oxygen atoms in total. The second-order valence-electron chi connectivity index (χ2n) is 3.87. The van der Waals surface area contributed by atoms with Crippen molar-refractivity contribution in [3.63, 3.8) is 0 Å². The summed E-state index contributed by atoms with van der Waals surface area (Å²) in [4.78, 5) is 0.920. The molecule has 19 heavy (non-hydrogen) atoms. The van der Waals surface area contributed by atoms with Crippen molar-refractivity contribution < 1.29 is 8.42 Å². The lowest BCUT2D eigenvalue weighted by atomic mass is 10.3. The van der Waals surface area contributed by atoms with Crippen LogP contribution in [0.3, 0.4) is 0 Å². The summed E-state index contributed by atoms with van der Waals surface area (Å²) in [5.74, 6) is 0. The van der Waals surface area contributed by atoms with Crippen LogP contribution in [0.25, 0.3) is 0 Å². The predicted molar refractivity (Wildman–Crippen MR) is 75.6 cm³/mol. The molecule has 1 aromatic heterocycles. The van der Waals surface area contributed by atoms with E-state index >= 15 is 0 Å². The first-order chi connectivity index (χ1) is 9.05. The summed E-state index contributed by atoms with van der Waals surface area (Å²) < 4.78 is 26.4. The van der Waals surface area contributed by atoms with Crippen molar-refractivity contribution in [3.05, 3.63) is 47.3 Å². The van der Waals surface area contributed by atoms with Gasteiger partial charge in [0, 0.05) is 4.88 Å². The number of hydrogen-bond donors (Lipinski definition) is 0. The lowest BCUT2D eigenvalue weighted by Crippen LogP contribution is -2.30. The third kappa shape index (κ3) is 2.78. The van der Waals surface area contributed by atoms with E-state index in [4.69, 9.17) is 5.26 Å². The summed E-state index contributed by atoms with van der Waals surface area (Å²) in [6.45, 7) is 1.64. The summed E-state index contributed by atoms with van der Waals surface area (Å²) >= 11 is 1.20. The van der Waals surface area contributed by atoms with E-state index in [1.165, 1.54) is 11.3 Å². The van der Waals surface area contributed by atoms with Crippen LogP contribution >= 0.6 is 11.3 Å². The summed E-state index contributed by atoms with van der Waals surface area (Å²) in [6, 6.07) is 13.9. The minimum absolute atomic E-state index is 0.205. The van der Waals surface area contributed by atoms with Crippen molar-refractivity contribution >= 4 is 27.0 Å². The number of para-hydroxylation sites is 1. The van der Waals surface area contributed by atoms with Gasteiger partial charge in [0.15, 0.2) is 0 Å². The van der Waals surface area contributed by atoms with Gasteiger partial charge >= 0.3 is 0 Å². The van der Waals surface area contributed by atoms with Gasteiger partial charge in [-0.3, -0.25) is 4.31 Å². The molecule has 1 aromatic carbocycles. The first-order valence-electron chi connectivity index (χ1n) is 5.57. The molecule has 0 atom stereocenters. The molecule has 0 spiro atoms. The molecular weight excluding hydrogens is 280 g/mol. The van der Waals surface area contributed by atoms with Crippen LogP contribution in [0.2, 0.25) is 0 Å². The van der Waals surface area contributed by atoms with Gasteiger partial charge in [-0.15, -0.1) is 11.3 Å². The van der Waals surface area contributed by atoms with Crippen LogP contribution in [0.1, 0.15) is 4.88 Å². The maximum Gasteiger partial charge on any atom is 0.274 e. The van der Waals surface area contributed by atoms with Crippen LogP contribution in [-0.4, -0.2) is 15.0 Å². The van der Waals surface area contributed by atoms with Crippen LogP contribution in [0.4, 0.5) is 5.69 Å². The molecule has 0 amide bonds. The zero-order valence-corrected chi connectivity index (χ0v) is 11.9. The third-order valence-corrected chi connectivity index (χ3v) is 5.76. The molecule has 0 fully saturated rings. The first kappa shape index (κ1) is 13.6. The summed E-state index contributed by atoms with van der Waals surface area (Å²) in [5, 5.41) is 8.86. The minimum Gasteiger partial charge on any atom is -0.252 e. The van der Waals surface area contributed by atoms with Crippen molar-refractivity contribution in [2.24, 2.45) is 0 Å². The number of aryl methyl sites for hydroxylation is 1. The number of anilines is 1. The molecule has 0 radical (unpaired) electrons. The highest BCUT2D eigenvalue weighted by molar-refractivity contribution is 7.94. The van der Waals surface area contributed by atoms with Crippen LogP contribution in [0.5, 0.6) is 0 Å². The Labute approximate surface area is 116 Å². The Kier molecular flexibility index (Phi) is 3.88. The Morgan fingerprint density at radius 2 is 1.89 bits per heavy atom. The highest BCUT2D eigenvalue weighted by Gasteiger charge is 2.25. The Hall–Kier alpha value is -1.84. The lowest BCUT2D eigenvalue weighted by molar-refractivity contribution is 0.595. The number of nitriles is 1. The van der Waals surface area contributed by atoms with Gasteiger partial charge in [0.25, 0.3) is 10.0 Å². The number of thiophene rings is 1. The van der Waals surface area contributed by atoms with Gasteiger partial charge in [-0.25, -0.2) is 8.42 Å². The molecule has 2 aromatic rings. The Bertz CT molecular complexity index is 700. The van der Waals surface area contributed by atoms with Gasteiger partial charge in [0.05, 0.1) is 11.8 Å². The zero-order chi connectivity index (χ0) is 13.9. The number of nitrogens with zero attached hydrogens (tertiary/aromatic N) is 2. The summed E-state index contributed by atoms with van der Waals surface area (Å²) in [7, 11) is -3.67. The normalized spacial score (nSPS) is 10.9. The molecule has 0 aliphatic heterocycles. The number of hydrogen-bond acceptors (Lipinski definition) is 4. The summed E-state index contributed by atoms with van der Waals surface area (Å²) in [6.07, 6.45) is 0. The van der Waals surface area contributed by atoms with Gasteiger partial charge in [-0.1, -0.05) is 18.2 Å². The molecular formula is C13H12N2O2S2. The maximum absolute atomic E-state index is 12.5.